The van der Waals surface area contributed by atoms with E-state index >= 15 is 4.79 Å². The number of Topliss-reactive ketones (excluding diaryl/α,β-unsaturated/α-hetero) is 1. The van der Waals surface area contributed by atoms with Gasteiger partial charge in [-0.15, -0.1) is 0 Å². The van der Waals surface area contributed by atoms with Gasteiger partial charge in [-0.05, 0) is 61.4 Å². The molecule has 0 saturated heterocycles. The summed E-state index contributed by atoms with van der Waals surface area (Å²) in [5, 5.41) is 0. The average molecular weight is 799 g/mol. The molecule has 300 valence electrons. The number of hydrogen-bond donors (Lipinski definition) is 0. The van der Waals surface area contributed by atoms with Crippen LogP contribution in [0.4, 0.5) is 0 Å². The lowest BCUT2D eigenvalue weighted by Gasteiger charge is -2.20. The van der Waals surface area contributed by atoms with Crippen LogP contribution in [0.2, 0.25) is 0 Å². The summed E-state index contributed by atoms with van der Waals surface area (Å²) < 4.78 is 27.6. The molecule has 13 nitrogen and oxygen atoms in total. The van der Waals surface area contributed by atoms with Crippen molar-refractivity contribution < 1.29 is 23.7 Å². The first-order valence-electron chi connectivity index (χ1n) is 19.5. The van der Waals surface area contributed by atoms with E-state index in [4.69, 9.17) is 18.9 Å². The Labute approximate surface area is 346 Å². The highest BCUT2D eigenvalue weighted by molar-refractivity contribution is 5.96. The summed E-state index contributed by atoms with van der Waals surface area (Å²) in [6.07, 6.45) is 14.0. The number of fused-ring (bicyclic) bond motifs is 2. The van der Waals surface area contributed by atoms with Crippen molar-refractivity contribution in [2.45, 2.75) is 38.8 Å². The monoisotopic (exact) mass is 798 g/mol. The zero-order valence-corrected chi connectivity index (χ0v) is 33.5. The van der Waals surface area contributed by atoms with Crippen molar-refractivity contribution in [3.05, 3.63) is 157 Å². The molecular formula is C47H42N8O5. The summed E-state index contributed by atoms with van der Waals surface area (Å²) in [7, 11) is 3.26. The molecule has 4 heterocycles. The van der Waals surface area contributed by atoms with E-state index in [-0.39, 0.29) is 5.78 Å². The van der Waals surface area contributed by atoms with Gasteiger partial charge in [-0.25, -0.2) is 19.9 Å². The zero-order valence-electron chi connectivity index (χ0n) is 33.5. The molecule has 0 aliphatic carbocycles. The lowest BCUT2D eigenvalue weighted by Crippen LogP contribution is -2.18. The van der Waals surface area contributed by atoms with Crippen LogP contribution in [0.5, 0.6) is 34.8 Å². The lowest BCUT2D eigenvalue weighted by molar-refractivity contribution is -0.120. The van der Waals surface area contributed by atoms with Crippen molar-refractivity contribution >= 4 is 40.3 Å². The number of benzene rings is 4. The minimum Gasteiger partial charge on any atom is -0.496 e. The number of carbonyl (C=O) groups excluding carboxylic acids is 1. The number of nitrogens with zero attached hydrogens (tertiary/aromatic N) is 8. The van der Waals surface area contributed by atoms with Gasteiger partial charge in [0.15, 0.2) is 28.1 Å². The number of aryl methyl sites for hydroxylation is 2. The number of rotatable bonds is 16. The van der Waals surface area contributed by atoms with E-state index in [1.165, 1.54) is 12.7 Å². The molecule has 0 N–H and O–H groups in total. The summed E-state index contributed by atoms with van der Waals surface area (Å²) in [5.41, 5.74) is 5.70. The van der Waals surface area contributed by atoms with Crippen LogP contribution in [0, 0.1) is 0 Å². The molecule has 0 spiro atoms. The molecule has 2 atom stereocenters. The number of ketones is 1. The molecule has 0 fully saturated rings. The normalized spacial score (nSPS) is 12.6. The molecule has 4 aromatic heterocycles. The Morgan fingerprint density at radius 1 is 0.567 bits per heavy atom. The lowest BCUT2D eigenvalue weighted by atomic mass is 9.82. The fourth-order valence-corrected chi connectivity index (χ4v) is 6.98. The van der Waals surface area contributed by atoms with E-state index in [9.17, 15) is 0 Å². The predicted octanol–water partition coefficient (Wildman–Crippen LogP) is 9.47. The number of methoxy groups -OCH3 is 2. The number of imidazole rings is 2. The second-order valence-electron chi connectivity index (χ2n) is 13.7. The second kappa shape index (κ2) is 17.9. The summed E-state index contributed by atoms with van der Waals surface area (Å²) in [6.45, 7) is 5.47. The maximum absolute atomic E-state index is 15.2. The number of carbonyl (C=O) groups is 1. The Balaban J connectivity index is 1.15. The van der Waals surface area contributed by atoms with Crippen LogP contribution in [-0.2, 0) is 17.9 Å². The first-order chi connectivity index (χ1) is 29.5. The van der Waals surface area contributed by atoms with Gasteiger partial charge in [0.2, 0.25) is 0 Å². The molecular weight excluding hydrogens is 757 g/mol. The van der Waals surface area contributed by atoms with Gasteiger partial charge in [-0.1, -0.05) is 85.0 Å². The third-order valence-electron chi connectivity index (χ3n) is 10.2. The highest BCUT2D eigenvalue weighted by atomic mass is 16.5. The molecule has 0 amide bonds. The van der Waals surface area contributed by atoms with Gasteiger partial charge in [-0.3, -0.25) is 4.79 Å². The van der Waals surface area contributed by atoms with Crippen molar-refractivity contribution in [2.75, 3.05) is 14.2 Å². The Morgan fingerprint density at radius 2 is 0.983 bits per heavy atom. The topological polar surface area (TPSA) is 141 Å². The zero-order chi connectivity index (χ0) is 41.4. The molecule has 4 aromatic carbocycles. The van der Waals surface area contributed by atoms with E-state index in [0.29, 0.717) is 70.2 Å². The third-order valence-corrected chi connectivity index (χ3v) is 10.2. The Morgan fingerprint density at radius 3 is 1.38 bits per heavy atom. The van der Waals surface area contributed by atoms with Crippen LogP contribution in [0.1, 0.15) is 47.9 Å². The highest BCUT2D eigenvalue weighted by Gasteiger charge is 2.27. The second-order valence-corrected chi connectivity index (χ2v) is 13.7. The minimum atomic E-state index is -0.693. The molecule has 2 unspecified atom stereocenters. The maximum Gasteiger partial charge on any atom is 0.250 e. The maximum atomic E-state index is 15.2. The molecule has 8 aromatic rings. The van der Waals surface area contributed by atoms with Gasteiger partial charge < -0.3 is 28.1 Å². The molecule has 60 heavy (non-hydrogen) atoms. The summed E-state index contributed by atoms with van der Waals surface area (Å²) in [6, 6.07) is 30.3. The number of aromatic nitrogens is 8. The quantitative estimate of drug-likeness (QED) is 0.0923. The van der Waals surface area contributed by atoms with Gasteiger partial charge in [0.1, 0.15) is 35.7 Å². The molecule has 0 radical (unpaired) electrons. The molecule has 8 rings (SSSR count). The number of para-hydroxylation sites is 2. The first kappa shape index (κ1) is 39.2. The Hall–Kier alpha value is -7.67. The van der Waals surface area contributed by atoms with E-state index in [0.717, 1.165) is 22.3 Å². The van der Waals surface area contributed by atoms with Crippen LogP contribution in [0.25, 0.3) is 34.5 Å². The fraction of sp³-hybridized carbons (Fsp3) is 0.170. The summed E-state index contributed by atoms with van der Waals surface area (Å²) in [5.74, 6) is 1.69. The van der Waals surface area contributed by atoms with Crippen LogP contribution in [-0.4, -0.2) is 59.0 Å². The predicted molar refractivity (Wildman–Crippen MR) is 230 cm³/mol. The summed E-state index contributed by atoms with van der Waals surface area (Å²) >= 11 is 0. The molecule has 0 bridgehead atoms. The van der Waals surface area contributed by atoms with Crippen molar-refractivity contribution in [3.63, 3.8) is 0 Å². The average Bonchev–Trinajstić information content (AvgIpc) is 3.93. The Bertz CT molecular complexity index is 2620. The van der Waals surface area contributed by atoms with E-state index in [1.807, 2.05) is 144 Å². The van der Waals surface area contributed by atoms with Crippen molar-refractivity contribution in [2.24, 2.45) is 0 Å². The smallest absolute Gasteiger partial charge is 0.250 e. The van der Waals surface area contributed by atoms with E-state index in [1.54, 1.807) is 26.9 Å². The molecule has 13 heteroatoms. The highest BCUT2D eigenvalue weighted by Crippen LogP contribution is 2.35. The van der Waals surface area contributed by atoms with Gasteiger partial charge in [0.25, 0.3) is 11.8 Å². The van der Waals surface area contributed by atoms with Crippen molar-refractivity contribution in [1.29, 1.82) is 0 Å². The standard InChI is InChI=1S/C47H42N8O5/c1-5-54-29-52-41-44(54)48-27-50-46(41)59-35-21-15-31(16-22-35)37(25-19-33-11-7-9-13-39(33)57-3)43(56)38(26-20-34-12-8-10-14-40(34)58-4)32-17-23-36(24-18-32)60-47-42-45(49-28-51-47)55(6-2)30-53-42/h7-30,37-38H,5-6H2,1-4H3/b25-19+,26-20+. The van der Waals surface area contributed by atoms with Crippen molar-refractivity contribution in [3.8, 4) is 34.8 Å². The molecule has 0 aliphatic heterocycles. The van der Waals surface area contributed by atoms with Crippen LogP contribution in [0.3, 0.4) is 0 Å². The Kier molecular flexibility index (Phi) is 11.7. The van der Waals surface area contributed by atoms with E-state index < -0.39 is 11.8 Å². The molecule has 0 aliphatic rings. The third kappa shape index (κ3) is 8.18. The minimum absolute atomic E-state index is 0.0696. The SMILES string of the molecule is CCn1cnc2c(Oc3ccc(C(/C=C/c4ccccc4OC)C(=O)C(/C=C/c4ccccc4OC)c4ccc(Oc5ncnc6c5ncn6CC)cc4)cc3)ncnc21. The van der Waals surface area contributed by atoms with Crippen LogP contribution in [0.15, 0.2) is 135 Å². The van der Waals surface area contributed by atoms with Crippen LogP contribution >= 0.6 is 0 Å². The van der Waals surface area contributed by atoms with Gasteiger partial charge in [-0.2, -0.15) is 9.97 Å². The summed E-state index contributed by atoms with van der Waals surface area (Å²) in [4.78, 5) is 41.6. The largest absolute Gasteiger partial charge is 0.496 e. The van der Waals surface area contributed by atoms with Gasteiger partial charge >= 0.3 is 0 Å². The number of allylic oxidation sites excluding steroid dienone is 2. The first-order valence-corrected chi connectivity index (χ1v) is 19.5. The number of hydrogen-bond acceptors (Lipinski definition) is 11. The molecule has 0 saturated carbocycles. The van der Waals surface area contributed by atoms with Crippen LogP contribution < -0.4 is 18.9 Å². The number of ether oxygens (including phenoxy) is 4. The van der Waals surface area contributed by atoms with E-state index in [2.05, 4.69) is 29.9 Å². The van der Waals surface area contributed by atoms with Gasteiger partial charge in [0.05, 0.1) is 38.7 Å². The fourth-order valence-electron chi connectivity index (χ4n) is 6.98. The van der Waals surface area contributed by atoms with Gasteiger partial charge in [0, 0.05) is 24.2 Å². The van der Waals surface area contributed by atoms with Crippen molar-refractivity contribution in [1.82, 2.24) is 39.0 Å².